The van der Waals surface area contributed by atoms with E-state index in [4.69, 9.17) is 25.8 Å². The minimum absolute atomic E-state index is 0.171. The molecule has 1 aliphatic rings. The Labute approximate surface area is 151 Å². The summed E-state index contributed by atoms with van der Waals surface area (Å²) in [6, 6.07) is 4.08. The Hall–Kier alpha value is -1.34. The molecule has 3 rings (SSSR count). The first-order valence-corrected chi connectivity index (χ1v) is 9.02. The second-order valence-corrected chi connectivity index (χ2v) is 7.00. The van der Waals surface area contributed by atoms with E-state index in [0.29, 0.717) is 23.1 Å². The van der Waals surface area contributed by atoms with Gasteiger partial charge in [-0.05, 0) is 24.6 Å². The molecule has 0 bridgehead atoms. The monoisotopic (exact) mass is 368 g/mol. The SMILES string of the molecule is COc1cc(CN2CCOCC2c2nc(C)cs2)cc(Cl)c1OC. The van der Waals surface area contributed by atoms with Crippen LogP contribution in [0.2, 0.25) is 5.02 Å². The standard InChI is InChI=1S/C17H21ClN2O3S/c1-11-10-24-17(19-11)14-9-23-5-4-20(14)8-12-6-13(18)16(22-3)15(7-12)21-2/h6-7,10,14H,4-5,8-9H2,1-3H3. The Bertz CT molecular complexity index is 707. The summed E-state index contributed by atoms with van der Waals surface area (Å²) in [7, 11) is 3.21. The number of ether oxygens (including phenoxy) is 3. The number of methoxy groups -OCH3 is 2. The van der Waals surface area contributed by atoms with Crippen molar-refractivity contribution in [1.82, 2.24) is 9.88 Å². The van der Waals surface area contributed by atoms with Gasteiger partial charge in [0, 0.05) is 24.2 Å². The van der Waals surface area contributed by atoms with Crippen LogP contribution in [0.5, 0.6) is 11.5 Å². The highest BCUT2D eigenvalue weighted by Gasteiger charge is 2.27. The average molecular weight is 369 g/mol. The Morgan fingerprint density at radius 3 is 2.88 bits per heavy atom. The number of hydrogen-bond acceptors (Lipinski definition) is 6. The maximum absolute atomic E-state index is 6.33. The number of thiazole rings is 1. The van der Waals surface area contributed by atoms with Crippen molar-refractivity contribution in [2.24, 2.45) is 0 Å². The van der Waals surface area contributed by atoms with E-state index in [0.717, 1.165) is 36.0 Å². The largest absolute Gasteiger partial charge is 0.493 e. The third-order valence-corrected chi connectivity index (χ3v) is 5.38. The van der Waals surface area contributed by atoms with E-state index in [1.165, 1.54) is 0 Å². The molecule has 1 aromatic carbocycles. The van der Waals surface area contributed by atoms with Crippen LogP contribution in [0.4, 0.5) is 0 Å². The topological polar surface area (TPSA) is 43.8 Å². The fraction of sp³-hybridized carbons (Fsp3) is 0.471. The zero-order valence-electron chi connectivity index (χ0n) is 14.0. The Morgan fingerprint density at radius 1 is 1.38 bits per heavy atom. The molecule has 0 radical (unpaired) electrons. The van der Waals surface area contributed by atoms with Gasteiger partial charge in [-0.15, -0.1) is 11.3 Å². The maximum atomic E-state index is 6.33. The smallest absolute Gasteiger partial charge is 0.179 e. The first kappa shape index (κ1) is 17.5. The normalized spacial score (nSPS) is 18.6. The van der Waals surface area contributed by atoms with Gasteiger partial charge in [-0.2, -0.15) is 0 Å². The number of nitrogens with zero attached hydrogens (tertiary/aromatic N) is 2. The molecule has 0 N–H and O–H groups in total. The highest BCUT2D eigenvalue weighted by molar-refractivity contribution is 7.09. The van der Waals surface area contributed by atoms with Gasteiger partial charge in [-0.1, -0.05) is 11.6 Å². The van der Waals surface area contributed by atoms with Gasteiger partial charge < -0.3 is 14.2 Å². The summed E-state index contributed by atoms with van der Waals surface area (Å²) >= 11 is 8.01. The maximum Gasteiger partial charge on any atom is 0.179 e. The Morgan fingerprint density at radius 2 is 2.21 bits per heavy atom. The van der Waals surface area contributed by atoms with E-state index in [9.17, 15) is 0 Å². The summed E-state index contributed by atoms with van der Waals surface area (Å²) in [6.45, 7) is 5.01. The molecule has 130 valence electrons. The molecule has 1 unspecified atom stereocenters. The van der Waals surface area contributed by atoms with Crippen molar-refractivity contribution in [2.75, 3.05) is 34.0 Å². The predicted molar refractivity (Wildman–Crippen MR) is 95.4 cm³/mol. The molecule has 0 amide bonds. The minimum Gasteiger partial charge on any atom is -0.493 e. The van der Waals surface area contributed by atoms with Crippen LogP contribution in [0, 0.1) is 6.92 Å². The molecule has 1 atom stereocenters. The van der Waals surface area contributed by atoms with E-state index < -0.39 is 0 Å². The molecule has 5 nitrogen and oxygen atoms in total. The molecule has 1 aromatic heterocycles. The van der Waals surface area contributed by atoms with Gasteiger partial charge in [0.05, 0.1) is 38.5 Å². The van der Waals surface area contributed by atoms with Crippen LogP contribution in [-0.2, 0) is 11.3 Å². The molecule has 0 aliphatic carbocycles. The lowest BCUT2D eigenvalue weighted by atomic mass is 10.1. The van der Waals surface area contributed by atoms with Gasteiger partial charge in [-0.3, -0.25) is 4.90 Å². The second kappa shape index (κ2) is 7.70. The van der Waals surface area contributed by atoms with Crippen molar-refractivity contribution >= 4 is 22.9 Å². The average Bonchev–Trinajstić information content (AvgIpc) is 3.01. The van der Waals surface area contributed by atoms with Crippen molar-refractivity contribution in [2.45, 2.75) is 19.5 Å². The summed E-state index contributed by atoms with van der Waals surface area (Å²) in [6.07, 6.45) is 0. The zero-order valence-corrected chi connectivity index (χ0v) is 15.6. The molecule has 1 saturated heterocycles. The van der Waals surface area contributed by atoms with Crippen molar-refractivity contribution in [3.8, 4) is 11.5 Å². The number of benzene rings is 1. The minimum atomic E-state index is 0.171. The Kier molecular flexibility index (Phi) is 5.61. The number of halogens is 1. The van der Waals surface area contributed by atoms with Crippen LogP contribution in [0.1, 0.15) is 22.3 Å². The van der Waals surface area contributed by atoms with Crippen LogP contribution in [-0.4, -0.2) is 43.9 Å². The molecule has 2 heterocycles. The zero-order chi connectivity index (χ0) is 17.1. The number of morpholine rings is 1. The molecule has 1 aliphatic heterocycles. The van der Waals surface area contributed by atoms with E-state index in [1.54, 1.807) is 25.6 Å². The lowest BCUT2D eigenvalue weighted by Crippen LogP contribution is -2.39. The van der Waals surface area contributed by atoms with Crippen LogP contribution < -0.4 is 9.47 Å². The number of aryl methyl sites for hydroxylation is 1. The molecule has 7 heteroatoms. The fourth-order valence-corrected chi connectivity index (χ4v) is 4.10. The summed E-state index contributed by atoms with van der Waals surface area (Å²) in [5, 5.41) is 3.73. The molecule has 0 saturated carbocycles. The molecule has 2 aromatic rings. The van der Waals surface area contributed by atoms with E-state index in [1.807, 2.05) is 19.1 Å². The molecule has 24 heavy (non-hydrogen) atoms. The summed E-state index contributed by atoms with van der Waals surface area (Å²) in [5.41, 5.74) is 2.13. The third-order valence-electron chi connectivity index (χ3n) is 4.04. The van der Waals surface area contributed by atoms with E-state index in [2.05, 4.69) is 15.3 Å². The van der Waals surface area contributed by atoms with Gasteiger partial charge >= 0.3 is 0 Å². The van der Waals surface area contributed by atoms with Crippen molar-refractivity contribution in [3.63, 3.8) is 0 Å². The van der Waals surface area contributed by atoms with E-state index >= 15 is 0 Å². The number of hydrogen-bond donors (Lipinski definition) is 0. The van der Waals surface area contributed by atoms with Crippen molar-refractivity contribution in [1.29, 1.82) is 0 Å². The fourth-order valence-electron chi connectivity index (χ4n) is 2.88. The van der Waals surface area contributed by atoms with E-state index in [-0.39, 0.29) is 6.04 Å². The van der Waals surface area contributed by atoms with Gasteiger partial charge in [0.15, 0.2) is 11.5 Å². The molecule has 0 spiro atoms. The van der Waals surface area contributed by atoms with Crippen LogP contribution in [0.25, 0.3) is 0 Å². The predicted octanol–water partition coefficient (Wildman–Crippen LogP) is 3.70. The molecular weight excluding hydrogens is 348 g/mol. The third kappa shape index (κ3) is 3.67. The van der Waals surface area contributed by atoms with Gasteiger partial charge in [0.2, 0.25) is 0 Å². The van der Waals surface area contributed by atoms with Crippen LogP contribution >= 0.6 is 22.9 Å². The summed E-state index contributed by atoms with van der Waals surface area (Å²) in [5.74, 6) is 1.21. The lowest BCUT2D eigenvalue weighted by Gasteiger charge is -2.34. The molecule has 1 fully saturated rings. The first-order chi connectivity index (χ1) is 11.6. The van der Waals surface area contributed by atoms with Crippen LogP contribution in [0.15, 0.2) is 17.5 Å². The summed E-state index contributed by atoms with van der Waals surface area (Å²) < 4.78 is 16.4. The highest BCUT2D eigenvalue weighted by atomic mass is 35.5. The number of rotatable bonds is 5. The lowest BCUT2D eigenvalue weighted by molar-refractivity contribution is -0.0128. The van der Waals surface area contributed by atoms with Crippen molar-refractivity contribution in [3.05, 3.63) is 38.8 Å². The van der Waals surface area contributed by atoms with Gasteiger partial charge in [0.1, 0.15) is 5.01 Å². The van der Waals surface area contributed by atoms with Crippen LogP contribution in [0.3, 0.4) is 0 Å². The first-order valence-electron chi connectivity index (χ1n) is 7.76. The highest BCUT2D eigenvalue weighted by Crippen LogP contribution is 2.37. The molecular formula is C17H21ClN2O3S. The van der Waals surface area contributed by atoms with Crippen molar-refractivity contribution < 1.29 is 14.2 Å². The summed E-state index contributed by atoms with van der Waals surface area (Å²) in [4.78, 5) is 7.01. The van der Waals surface area contributed by atoms with Gasteiger partial charge in [0.25, 0.3) is 0 Å². The number of aromatic nitrogens is 1. The van der Waals surface area contributed by atoms with Gasteiger partial charge in [-0.25, -0.2) is 4.98 Å². The second-order valence-electron chi connectivity index (χ2n) is 5.70. The Balaban J connectivity index is 1.84. The quantitative estimate of drug-likeness (QED) is 0.805.